The van der Waals surface area contributed by atoms with E-state index in [4.69, 9.17) is 22.1 Å². The summed E-state index contributed by atoms with van der Waals surface area (Å²) in [4.78, 5) is 12.7. The number of hydrogen-bond acceptors (Lipinski definition) is 5. The summed E-state index contributed by atoms with van der Waals surface area (Å²) in [5.74, 6) is 0. The summed E-state index contributed by atoms with van der Waals surface area (Å²) in [6.45, 7) is 0. The Morgan fingerprint density at radius 3 is 2.30 bits per heavy atom. The fraction of sp³-hybridized carbons (Fsp3) is 0.0714. The highest BCUT2D eigenvalue weighted by molar-refractivity contribution is 6.32. The minimum Gasteiger partial charge on any atom is -0.286 e. The topological polar surface area (TPSA) is 85.7 Å². The first-order valence-electron chi connectivity index (χ1n) is 5.69. The molecule has 0 aliphatic heterocycles. The third kappa shape index (κ3) is 1.58. The van der Waals surface area contributed by atoms with Crippen molar-refractivity contribution in [3.05, 3.63) is 45.9 Å². The first-order valence-corrected chi connectivity index (χ1v) is 6.07. The Hall–Kier alpha value is -2.76. The van der Waals surface area contributed by atoms with Crippen LogP contribution in [0.2, 0.25) is 5.02 Å². The molecule has 94 valence electrons. The predicted octanol–water partition coefficient (Wildman–Crippen LogP) is 2.32. The Kier molecular flexibility index (Phi) is 2.71. The van der Waals surface area contributed by atoms with E-state index < -0.39 is 0 Å². The molecule has 2 aromatic rings. The molecule has 3 rings (SSSR count). The zero-order valence-electron chi connectivity index (χ0n) is 10.3. The van der Waals surface area contributed by atoms with Gasteiger partial charge >= 0.3 is 0 Å². The molecule has 0 saturated carbocycles. The Bertz CT molecular complexity index is 855. The van der Waals surface area contributed by atoms with E-state index in [1.54, 1.807) is 19.2 Å². The lowest BCUT2D eigenvalue weighted by Gasteiger charge is -2.00. The van der Waals surface area contributed by atoms with Crippen LogP contribution in [0.1, 0.15) is 22.6 Å². The Labute approximate surface area is 119 Å². The van der Waals surface area contributed by atoms with Gasteiger partial charge in [-0.3, -0.25) is 4.99 Å². The Balaban J connectivity index is 2.39. The van der Waals surface area contributed by atoms with E-state index in [2.05, 4.69) is 15.0 Å². The van der Waals surface area contributed by atoms with Gasteiger partial charge < -0.3 is 0 Å². The van der Waals surface area contributed by atoms with E-state index in [0.717, 1.165) is 11.1 Å². The molecule has 0 saturated heterocycles. The van der Waals surface area contributed by atoms with E-state index in [-0.39, 0.29) is 11.4 Å². The summed E-state index contributed by atoms with van der Waals surface area (Å²) in [6.07, 6.45) is 0. The molecular weight excluding hydrogens is 274 g/mol. The maximum absolute atomic E-state index is 9.04. The fourth-order valence-electron chi connectivity index (χ4n) is 2.22. The molecule has 1 aliphatic carbocycles. The van der Waals surface area contributed by atoms with E-state index in [9.17, 15) is 0 Å². The van der Waals surface area contributed by atoms with Gasteiger partial charge in [0.05, 0.1) is 5.71 Å². The largest absolute Gasteiger partial charge is 0.286 e. The average molecular weight is 280 g/mol. The average Bonchev–Trinajstić information content (AvgIpc) is 2.77. The van der Waals surface area contributed by atoms with Crippen molar-refractivity contribution in [2.24, 2.45) is 4.99 Å². The van der Waals surface area contributed by atoms with E-state index in [1.165, 1.54) is 0 Å². The highest BCUT2D eigenvalue weighted by atomic mass is 35.5. The molecule has 0 N–H and O–H groups in total. The Morgan fingerprint density at radius 2 is 1.70 bits per heavy atom. The van der Waals surface area contributed by atoms with E-state index in [0.29, 0.717) is 22.1 Å². The van der Waals surface area contributed by atoms with Gasteiger partial charge in [0.1, 0.15) is 23.5 Å². The van der Waals surface area contributed by atoms with Gasteiger partial charge in [-0.1, -0.05) is 17.7 Å². The quantitative estimate of drug-likeness (QED) is 0.632. The standard InChI is InChI=1S/C14H6ClN5/c1-18-12-9-4-7(15)2-3-8(9)13-14(12)20-11(6-17)10(5-16)19-13/h2-4H,1H3/b18-12+. The van der Waals surface area contributed by atoms with Crippen LogP contribution in [-0.4, -0.2) is 22.7 Å². The summed E-state index contributed by atoms with van der Waals surface area (Å²) in [5, 5.41) is 18.7. The van der Waals surface area contributed by atoms with Gasteiger partial charge in [-0.25, -0.2) is 9.97 Å². The minimum absolute atomic E-state index is 0.00584. The van der Waals surface area contributed by atoms with Crippen LogP contribution in [0.4, 0.5) is 0 Å². The highest BCUT2D eigenvalue weighted by Crippen LogP contribution is 2.36. The zero-order chi connectivity index (χ0) is 14.3. The van der Waals surface area contributed by atoms with Gasteiger partial charge in [0.25, 0.3) is 0 Å². The second kappa shape index (κ2) is 4.41. The van der Waals surface area contributed by atoms with Crippen LogP contribution >= 0.6 is 11.6 Å². The number of nitriles is 2. The minimum atomic E-state index is 0.00584. The van der Waals surface area contributed by atoms with E-state index in [1.807, 2.05) is 18.2 Å². The molecule has 0 atom stereocenters. The molecule has 0 bridgehead atoms. The zero-order valence-corrected chi connectivity index (χ0v) is 11.1. The number of halogens is 1. The molecule has 0 amide bonds. The van der Waals surface area contributed by atoms with Crippen molar-refractivity contribution in [1.82, 2.24) is 9.97 Å². The van der Waals surface area contributed by atoms with Gasteiger partial charge in [-0.2, -0.15) is 10.5 Å². The number of aromatic nitrogens is 2. The third-order valence-electron chi connectivity index (χ3n) is 3.05. The van der Waals surface area contributed by atoms with Crippen LogP contribution < -0.4 is 0 Å². The van der Waals surface area contributed by atoms with Crippen LogP contribution in [0.15, 0.2) is 23.2 Å². The molecule has 0 spiro atoms. The summed E-state index contributed by atoms with van der Waals surface area (Å²) < 4.78 is 0. The second-order valence-electron chi connectivity index (χ2n) is 4.10. The maximum atomic E-state index is 9.04. The summed E-state index contributed by atoms with van der Waals surface area (Å²) >= 11 is 6.01. The number of aliphatic imine (C=N–C) groups is 1. The van der Waals surface area contributed by atoms with Gasteiger partial charge in [-0.15, -0.1) is 0 Å². The normalized spacial score (nSPS) is 13.5. The van der Waals surface area contributed by atoms with Crippen LogP contribution in [0, 0.1) is 22.7 Å². The van der Waals surface area contributed by atoms with Crippen LogP contribution in [-0.2, 0) is 0 Å². The molecule has 1 heterocycles. The first kappa shape index (κ1) is 12.3. The van der Waals surface area contributed by atoms with Gasteiger partial charge in [0.15, 0.2) is 11.4 Å². The van der Waals surface area contributed by atoms with Gasteiger partial charge in [-0.05, 0) is 12.1 Å². The lowest BCUT2D eigenvalue weighted by molar-refractivity contribution is 1.13. The van der Waals surface area contributed by atoms with Crippen molar-refractivity contribution < 1.29 is 0 Å². The maximum Gasteiger partial charge on any atom is 0.177 e. The predicted molar refractivity (Wildman–Crippen MR) is 73.5 cm³/mol. The van der Waals surface area contributed by atoms with Crippen molar-refractivity contribution in [3.8, 4) is 23.4 Å². The molecule has 1 aromatic heterocycles. The second-order valence-corrected chi connectivity index (χ2v) is 4.54. The molecular formula is C14H6ClN5. The molecule has 1 aliphatic rings. The number of benzene rings is 1. The van der Waals surface area contributed by atoms with Crippen molar-refractivity contribution in [3.63, 3.8) is 0 Å². The van der Waals surface area contributed by atoms with Crippen LogP contribution in [0.5, 0.6) is 0 Å². The van der Waals surface area contributed by atoms with Gasteiger partial charge in [0, 0.05) is 23.2 Å². The summed E-state index contributed by atoms with van der Waals surface area (Å²) in [5.41, 5.74) is 3.36. The smallest absolute Gasteiger partial charge is 0.177 e. The first-order chi connectivity index (χ1) is 9.69. The number of nitrogens with zero attached hydrogens (tertiary/aromatic N) is 5. The summed E-state index contributed by atoms with van der Waals surface area (Å²) in [6, 6.07) is 9.11. The number of hydrogen-bond donors (Lipinski definition) is 0. The molecule has 0 unspecified atom stereocenters. The monoisotopic (exact) mass is 279 g/mol. The molecule has 0 fully saturated rings. The van der Waals surface area contributed by atoms with Gasteiger partial charge in [0.2, 0.25) is 0 Å². The third-order valence-corrected chi connectivity index (χ3v) is 3.28. The van der Waals surface area contributed by atoms with Crippen LogP contribution in [0.25, 0.3) is 11.3 Å². The van der Waals surface area contributed by atoms with Crippen LogP contribution in [0.3, 0.4) is 0 Å². The lowest BCUT2D eigenvalue weighted by atomic mass is 10.1. The molecule has 0 radical (unpaired) electrons. The highest BCUT2D eigenvalue weighted by Gasteiger charge is 2.29. The van der Waals surface area contributed by atoms with Crippen molar-refractivity contribution in [2.75, 3.05) is 7.05 Å². The molecule has 1 aromatic carbocycles. The SMILES string of the molecule is C/N=C1\c2cc(Cl)ccc2-c2nc(C#N)c(C#N)nc21. The van der Waals surface area contributed by atoms with E-state index >= 15 is 0 Å². The number of fused-ring (bicyclic) bond motifs is 3. The molecule has 20 heavy (non-hydrogen) atoms. The van der Waals surface area contributed by atoms with Crippen molar-refractivity contribution in [2.45, 2.75) is 0 Å². The van der Waals surface area contributed by atoms with Crippen molar-refractivity contribution in [1.29, 1.82) is 10.5 Å². The fourth-order valence-corrected chi connectivity index (χ4v) is 2.39. The number of rotatable bonds is 0. The summed E-state index contributed by atoms with van der Waals surface area (Å²) in [7, 11) is 1.64. The lowest BCUT2D eigenvalue weighted by Crippen LogP contribution is -2.05. The molecule has 5 nitrogen and oxygen atoms in total. The Morgan fingerprint density at radius 1 is 1.05 bits per heavy atom. The molecule has 6 heteroatoms. The van der Waals surface area contributed by atoms with Crippen molar-refractivity contribution >= 4 is 17.3 Å².